The Hall–Kier alpha value is -0.540. The smallest absolute Gasteiger partial charge is 0.0654 e. The molecule has 0 aromatic heterocycles. The fourth-order valence-electron chi connectivity index (χ4n) is 2.80. The Kier molecular flexibility index (Phi) is 7.36. The highest BCUT2D eigenvalue weighted by Gasteiger charge is 2.28. The zero-order chi connectivity index (χ0) is 13.4. The molecule has 1 fully saturated rings. The zero-order valence-electron chi connectivity index (χ0n) is 11.2. The first-order valence-electron chi connectivity index (χ1n) is 6.60. The molecule has 0 aliphatic heterocycles. The summed E-state index contributed by atoms with van der Waals surface area (Å²) in [6.07, 6.45) is 12.2. The lowest BCUT2D eigenvalue weighted by molar-refractivity contribution is 0.407. The van der Waals surface area contributed by atoms with Crippen LogP contribution in [-0.4, -0.2) is 5.49 Å². The first-order valence-corrected chi connectivity index (χ1v) is 7.58. The molecule has 0 aromatic rings. The maximum Gasteiger partial charge on any atom is 0.0654 e. The highest BCUT2D eigenvalue weighted by Crippen LogP contribution is 2.39. The van der Waals surface area contributed by atoms with Crippen LogP contribution in [0.1, 0.15) is 33.1 Å². The van der Waals surface area contributed by atoms with Gasteiger partial charge < -0.3 is 5.32 Å². The average Bonchev–Trinajstić information content (AvgIpc) is 2.70. The van der Waals surface area contributed by atoms with Gasteiger partial charge in [0.15, 0.2) is 0 Å². The zero-order valence-corrected chi connectivity index (χ0v) is 12.9. The Morgan fingerprint density at radius 2 is 2.17 bits per heavy atom. The number of hydrogen-bond donors (Lipinski definition) is 2. The van der Waals surface area contributed by atoms with Crippen molar-refractivity contribution in [3.63, 3.8) is 0 Å². The van der Waals surface area contributed by atoms with Crippen molar-refractivity contribution < 1.29 is 0 Å². The van der Waals surface area contributed by atoms with Gasteiger partial charge in [-0.25, -0.2) is 0 Å². The van der Waals surface area contributed by atoms with Crippen LogP contribution in [0.4, 0.5) is 0 Å². The van der Waals surface area contributed by atoms with Crippen molar-refractivity contribution in [3.05, 3.63) is 35.4 Å². The summed E-state index contributed by atoms with van der Waals surface area (Å²) in [4.78, 5) is 0. The van der Waals surface area contributed by atoms with Gasteiger partial charge in [-0.3, -0.25) is 0 Å². The Bertz CT molecular complexity index is 344. The Labute approximate surface area is 122 Å². The SMILES string of the molecule is CCC1CC(/C=C(/C=C\S)\C=C/NC=S)CC1C. The van der Waals surface area contributed by atoms with Gasteiger partial charge in [0.25, 0.3) is 0 Å². The van der Waals surface area contributed by atoms with Crippen LogP contribution in [0, 0.1) is 17.8 Å². The fraction of sp³-hybridized carbons (Fsp3) is 0.533. The van der Waals surface area contributed by atoms with Gasteiger partial charge in [0.05, 0.1) is 5.49 Å². The highest BCUT2D eigenvalue weighted by molar-refractivity contribution is 7.83. The molecule has 1 rings (SSSR count). The van der Waals surface area contributed by atoms with Gasteiger partial charge in [-0.15, -0.1) is 0 Å². The minimum Gasteiger partial charge on any atom is -0.359 e. The average molecular weight is 281 g/mol. The maximum absolute atomic E-state index is 4.72. The lowest BCUT2D eigenvalue weighted by Gasteiger charge is -2.10. The molecular formula is C15H23NS2. The summed E-state index contributed by atoms with van der Waals surface area (Å²) in [6.45, 7) is 4.67. The van der Waals surface area contributed by atoms with E-state index in [0.29, 0.717) is 5.92 Å². The van der Waals surface area contributed by atoms with E-state index in [1.54, 1.807) is 5.41 Å². The van der Waals surface area contributed by atoms with Crippen LogP contribution in [-0.2, 0) is 0 Å². The van der Waals surface area contributed by atoms with Crippen molar-refractivity contribution in [2.75, 3.05) is 0 Å². The van der Waals surface area contributed by atoms with E-state index in [-0.39, 0.29) is 0 Å². The summed E-state index contributed by atoms with van der Waals surface area (Å²) in [5, 5.41) is 4.68. The molecule has 1 nitrogen and oxygen atoms in total. The monoisotopic (exact) mass is 281 g/mol. The van der Waals surface area contributed by atoms with Gasteiger partial charge in [-0.05, 0) is 53.7 Å². The van der Waals surface area contributed by atoms with Gasteiger partial charge in [-0.1, -0.05) is 38.6 Å². The van der Waals surface area contributed by atoms with Crippen molar-refractivity contribution in [1.82, 2.24) is 5.32 Å². The minimum atomic E-state index is 0.696. The van der Waals surface area contributed by atoms with Gasteiger partial charge in [0.2, 0.25) is 0 Å². The van der Waals surface area contributed by atoms with Gasteiger partial charge in [0.1, 0.15) is 0 Å². The number of thiol groups is 1. The lowest BCUT2D eigenvalue weighted by Crippen LogP contribution is -2.00. The van der Waals surface area contributed by atoms with Crippen molar-refractivity contribution in [2.45, 2.75) is 33.1 Å². The van der Waals surface area contributed by atoms with Crippen molar-refractivity contribution in [1.29, 1.82) is 0 Å². The van der Waals surface area contributed by atoms with E-state index in [9.17, 15) is 0 Å². The number of thiocarbonyl (C=S) groups is 1. The molecule has 1 aliphatic carbocycles. The Morgan fingerprint density at radius 3 is 2.72 bits per heavy atom. The van der Waals surface area contributed by atoms with E-state index < -0.39 is 0 Å². The first kappa shape index (κ1) is 15.5. The quantitative estimate of drug-likeness (QED) is 0.423. The summed E-state index contributed by atoms with van der Waals surface area (Å²) in [5.41, 5.74) is 2.70. The van der Waals surface area contributed by atoms with E-state index in [1.165, 1.54) is 30.3 Å². The first-order chi connectivity index (χ1) is 8.71. The molecule has 3 atom stereocenters. The van der Waals surface area contributed by atoms with E-state index in [2.05, 4.69) is 37.9 Å². The van der Waals surface area contributed by atoms with Gasteiger partial charge >= 0.3 is 0 Å². The molecule has 0 saturated heterocycles. The van der Waals surface area contributed by atoms with E-state index in [4.69, 9.17) is 12.2 Å². The maximum atomic E-state index is 4.72. The molecule has 3 unspecified atom stereocenters. The van der Waals surface area contributed by atoms with Crippen molar-refractivity contribution in [3.8, 4) is 0 Å². The second-order valence-electron chi connectivity index (χ2n) is 4.98. The number of nitrogens with one attached hydrogen (secondary N) is 1. The largest absolute Gasteiger partial charge is 0.359 e. The second-order valence-corrected chi connectivity index (χ2v) is 5.51. The van der Waals surface area contributed by atoms with Crippen molar-refractivity contribution >= 4 is 30.3 Å². The van der Waals surface area contributed by atoms with Crippen LogP contribution in [0.25, 0.3) is 0 Å². The van der Waals surface area contributed by atoms with Gasteiger partial charge in [-0.2, -0.15) is 12.6 Å². The molecule has 1 aliphatic rings. The molecular weight excluding hydrogens is 258 g/mol. The van der Waals surface area contributed by atoms with Crippen molar-refractivity contribution in [2.24, 2.45) is 17.8 Å². The molecule has 0 heterocycles. The van der Waals surface area contributed by atoms with Gasteiger partial charge in [0, 0.05) is 6.20 Å². The van der Waals surface area contributed by atoms with E-state index in [1.807, 2.05) is 18.4 Å². The topological polar surface area (TPSA) is 12.0 Å². The van der Waals surface area contributed by atoms with E-state index >= 15 is 0 Å². The summed E-state index contributed by atoms with van der Waals surface area (Å²) < 4.78 is 0. The number of hydrogen-bond acceptors (Lipinski definition) is 2. The molecule has 0 bridgehead atoms. The Morgan fingerprint density at radius 1 is 1.39 bits per heavy atom. The lowest BCUT2D eigenvalue weighted by atomic mass is 9.96. The molecule has 1 N–H and O–H groups in total. The van der Waals surface area contributed by atoms with Crippen LogP contribution < -0.4 is 5.32 Å². The predicted molar refractivity (Wildman–Crippen MR) is 87.8 cm³/mol. The second kappa shape index (κ2) is 8.54. The molecule has 0 aromatic carbocycles. The van der Waals surface area contributed by atoms with E-state index in [0.717, 1.165) is 11.8 Å². The third kappa shape index (κ3) is 4.99. The molecule has 0 amide bonds. The summed E-state index contributed by atoms with van der Waals surface area (Å²) in [5.74, 6) is 2.43. The number of allylic oxidation sites excluding steroid dienone is 4. The summed E-state index contributed by atoms with van der Waals surface area (Å²) >= 11 is 8.87. The van der Waals surface area contributed by atoms with Crippen LogP contribution in [0.5, 0.6) is 0 Å². The predicted octanol–water partition coefficient (Wildman–Crippen LogP) is 4.49. The minimum absolute atomic E-state index is 0.696. The third-order valence-corrected chi connectivity index (χ3v) is 4.03. The molecule has 3 heteroatoms. The molecule has 100 valence electrons. The Balaban J connectivity index is 2.68. The van der Waals surface area contributed by atoms with Crippen LogP contribution in [0.15, 0.2) is 35.4 Å². The molecule has 0 radical (unpaired) electrons. The fourth-order valence-corrected chi connectivity index (χ4v) is 3.05. The standard InChI is InChI=1S/C15H23NS2/c1-3-15-10-14(8-12(15)2)9-13(5-7-17)4-6-16-11-18/h4-7,9,11-12,14-15,17H,3,8,10H2,1-2H3,(H,16,18)/b6-4-,7-5-,13-9+. The summed E-state index contributed by atoms with van der Waals surface area (Å²) in [6, 6.07) is 0. The highest BCUT2D eigenvalue weighted by atomic mass is 32.1. The van der Waals surface area contributed by atoms with Crippen LogP contribution in [0.3, 0.4) is 0 Å². The number of rotatable bonds is 6. The molecule has 0 spiro atoms. The van der Waals surface area contributed by atoms with Crippen LogP contribution in [0.2, 0.25) is 0 Å². The normalized spacial score (nSPS) is 29.3. The van der Waals surface area contributed by atoms with Crippen LogP contribution >= 0.6 is 24.8 Å². The molecule has 18 heavy (non-hydrogen) atoms. The molecule has 1 saturated carbocycles. The third-order valence-electron chi connectivity index (χ3n) is 3.74. The summed E-state index contributed by atoms with van der Waals surface area (Å²) in [7, 11) is 0.